The fourth-order valence-electron chi connectivity index (χ4n) is 13.3. The maximum Gasteiger partial charge on any atom is 0.364 e. The monoisotopic (exact) mass is 1390 g/mol. The smallest absolute Gasteiger partial charge is 0.364 e. The molecule has 2 amide bonds. The van der Waals surface area contributed by atoms with Crippen LogP contribution in [0.5, 0.6) is 0 Å². The summed E-state index contributed by atoms with van der Waals surface area (Å²) in [6, 6.07) is -2.62. The molecule has 97 heavy (non-hydrogen) atoms. The summed E-state index contributed by atoms with van der Waals surface area (Å²) < 4.78 is 34.9. The predicted molar refractivity (Wildman–Crippen MR) is 371 cm³/mol. The lowest BCUT2D eigenvalue weighted by molar-refractivity contribution is -0.386. The fraction of sp³-hybridized carbons (Fsp3) is 0.905. The standard InChI is InChI=1S/C74H136N2O21/c1-4-6-8-10-12-14-16-18-20-22-24-25-26-27-28-30-31-33-35-37-39-41-43-45-47-56(81)55(76-61(84)48-46-44-42-40-38-36-34-32-29-23-21-19-17-15-13-11-9-7-5-2)53-92-71-66(88)65(87)68(60(52-79)94-71)95-72-67(89)70(64(86)59(51-78)93-72)97-74(73(90)91)49-57(82)62(75-54(3)80)69(96-74)63(85)58(83)50-77/h23,29,45,47,55-60,62-72,77-79,81-83,85-89H,4-22,24-28,30-44,46,48-53H2,1-3H3,(H,75,80)(H,76,84)(H,90,91)/b29-23-,47-45+. The van der Waals surface area contributed by atoms with Crippen LogP contribution in [0.1, 0.15) is 290 Å². The quantitative estimate of drug-likeness (QED) is 0.0200. The van der Waals surface area contributed by atoms with Gasteiger partial charge in [0.05, 0.1) is 50.7 Å². The van der Waals surface area contributed by atoms with Crippen molar-refractivity contribution in [2.45, 2.75) is 400 Å². The summed E-state index contributed by atoms with van der Waals surface area (Å²) in [5.41, 5.74) is 0. The Morgan fingerprint density at radius 2 is 0.969 bits per heavy atom. The minimum Gasteiger partial charge on any atom is -0.477 e. The summed E-state index contributed by atoms with van der Waals surface area (Å²) in [7, 11) is 0. The molecule has 23 nitrogen and oxygen atoms in total. The van der Waals surface area contributed by atoms with Gasteiger partial charge in [-0.05, 0) is 44.9 Å². The van der Waals surface area contributed by atoms with Gasteiger partial charge < -0.3 is 100 Å². The molecule has 0 aromatic rings. The van der Waals surface area contributed by atoms with E-state index in [9.17, 15) is 75.7 Å². The summed E-state index contributed by atoms with van der Waals surface area (Å²) in [5, 5.41) is 136. The van der Waals surface area contributed by atoms with Crippen LogP contribution in [-0.2, 0) is 42.8 Å². The molecular formula is C74H136N2O21. The molecule has 0 saturated carbocycles. The van der Waals surface area contributed by atoms with Crippen molar-refractivity contribution in [1.29, 1.82) is 0 Å². The molecule has 0 radical (unpaired) electrons. The number of allylic oxidation sites excluding steroid dienone is 3. The van der Waals surface area contributed by atoms with E-state index in [0.29, 0.717) is 12.8 Å². The van der Waals surface area contributed by atoms with Gasteiger partial charge in [0.2, 0.25) is 11.8 Å². The summed E-state index contributed by atoms with van der Waals surface area (Å²) >= 11 is 0. The van der Waals surface area contributed by atoms with Crippen LogP contribution < -0.4 is 10.6 Å². The highest BCUT2D eigenvalue weighted by Gasteiger charge is 2.60. The van der Waals surface area contributed by atoms with Crippen LogP contribution >= 0.6 is 0 Å². The van der Waals surface area contributed by atoms with Crippen LogP contribution in [0.4, 0.5) is 0 Å². The zero-order chi connectivity index (χ0) is 71.1. The summed E-state index contributed by atoms with van der Waals surface area (Å²) in [5.74, 6) is -6.14. The summed E-state index contributed by atoms with van der Waals surface area (Å²) in [6.45, 7) is 2.17. The van der Waals surface area contributed by atoms with Crippen molar-refractivity contribution in [3.05, 3.63) is 24.3 Å². The third kappa shape index (κ3) is 35.3. The van der Waals surface area contributed by atoms with Crippen molar-refractivity contribution in [3.63, 3.8) is 0 Å². The van der Waals surface area contributed by atoms with Gasteiger partial charge in [-0.1, -0.05) is 250 Å². The predicted octanol–water partition coefficient (Wildman–Crippen LogP) is 8.79. The largest absolute Gasteiger partial charge is 0.477 e. The number of unbranched alkanes of at least 4 members (excludes halogenated alkanes) is 37. The first-order valence-electron chi connectivity index (χ1n) is 38.2. The molecule has 18 unspecified atom stereocenters. The highest BCUT2D eigenvalue weighted by Crippen LogP contribution is 2.39. The van der Waals surface area contributed by atoms with Gasteiger partial charge in [0.1, 0.15) is 67.1 Å². The van der Waals surface area contributed by atoms with E-state index in [1.165, 1.54) is 173 Å². The molecule has 18 atom stereocenters. The first-order chi connectivity index (χ1) is 46.9. The lowest BCUT2D eigenvalue weighted by atomic mass is 9.88. The number of carboxylic acid groups (broad SMARTS) is 1. The van der Waals surface area contributed by atoms with Gasteiger partial charge in [-0.3, -0.25) is 9.59 Å². The number of amides is 2. The van der Waals surface area contributed by atoms with Crippen molar-refractivity contribution < 1.29 is 104 Å². The van der Waals surface area contributed by atoms with Crippen LogP contribution in [0.25, 0.3) is 0 Å². The number of hydrogen-bond acceptors (Lipinski definition) is 20. The molecule has 3 aliphatic heterocycles. The van der Waals surface area contributed by atoms with E-state index in [1.807, 2.05) is 6.08 Å². The second-order valence-corrected chi connectivity index (χ2v) is 27.9. The van der Waals surface area contributed by atoms with E-state index >= 15 is 0 Å². The van der Waals surface area contributed by atoms with Crippen LogP contribution in [0, 0.1) is 0 Å². The molecule has 568 valence electrons. The third-order valence-electron chi connectivity index (χ3n) is 19.4. The first-order valence-corrected chi connectivity index (χ1v) is 38.2. The van der Waals surface area contributed by atoms with Gasteiger partial charge in [0.25, 0.3) is 5.79 Å². The Morgan fingerprint density at radius 1 is 0.536 bits per heavy atom. The highest BCUT2D eigenvalue weighted by molar-refractivity contribution is 5.77. The number of carbonyl (C=O) groups is 3. The number of ether oxygens (including phenoxy) is 6. The molecule has 3 aliphatic rings. The van der Waals surface area contributed by atoms with Gasteiger partial charge in [0, 0.05) is 19.8 Å². The molecule has 3 heterocycles. The molecule has 3 rings (SSSR count). The minimum atomic E-state index is -3.08. The van der Waals surface area contributed by atoms with E-state index < -0.39 is 155 Å². The SMILES string of the molecule is CCCCCCCCCC/C=C\CCCCCCCCCC(=O)NC(COC1OC(CO)C(OC2OC(CO)C(O)C(OC3(C(=O)O)CC(O)C(NC(C)=O)C(C(O)C(O)CO)O3)C2O)C(O)C1O)C(O)/C=C/CCCCCCCCCCCCCCCCCCCCCCCC. The molecule has 0 spiro atoms. The molecule has 3 saturated heterocycles. The third-order valence-corrected chi connectivity index (χ3v) is 19.4. The van der Waals surface area contributed by atoms with Crippen molar-refractivity contribution in [2.24, 2.45) is 0 Å². The summed E-state index contributed by atoms with van der Waals surface area (Å²) in [6.07, 6.45) is 27.8. The zero-order valence-electron chi connectivity index (χ0n) is 59.7. The maximum atomic E-state index is 13.5. The van der Waals surface area contributed by atoms with Crippen LogP contribution in [0.15, 0.2) is 24.3 Å². The van der Waals surface area contributed by atoms with Crippen LogP contribution in [-0.4, -0.2) is 215 Å². The number of aliphatic hydroxyl groups is 11. The Hall–Kier alpha value is -2.79. The number of aliphatic hydroxyl groups excluding tert-OH is 11. The maximum absolute atomic E-state index is 13.5. The number of hydrogen-bond donors (Lipinski definition) is 14. The van der Waals surface area contributed by atoms with Crippen molar-refractivity contribution in [1.82, 2.24) is 10.6 Å². The van der Waals surface area contributed by atoms with Crippen LogP contribution in [0.2, 0.25) is 0 Å². The van der Waals surface area contributed by atoms with Gasteiger partial charge in [0.15, 0.2) is 12.6 Å². The number of aliphatic carboxylic acids is 1. The molecular weight excluding hydrogens is 1250 g/mol. The molecule has 14 N–H and O–H groups in total. The van der Waals surface area contributed by atoms with E-state index in [-0.39, 0.29) is 12.3 Å². The van der Waals surface area contributed by atoms with Crippen molar-refractivity contribution >= 4 is 17.8 Å². The Bertz CT molecular complexity index is 2040. The van der Waals surface area contributed by atoms with E-state index in [2.05, 4.69) is 36.6 Å². The molecule has 0 aromatic carbocycles. The van der Waals surface area contributed by atoms with Crippen molar-refractivity contribution in [3.8, 4) is 0 Å². The van der Waals surface area contributed by atoms with E-state index in [0.717, 1.165) is 77.6 Å². The van der Waals surface area contributed by atoms with Gasteiger partial charge in [-0.2, -0.15) is 0 Å². The van der Waals surface area contributed by atoms with E-state index in [4.69, 9.17) is 28.4 Å². The van der Waals surface area contributed by atoms with Crippen molar-refractivity contribution in [2.75, 3.05) is 26.4 Å². The average Bonchev–Trinajstić information content (AvgIpc) is 0.760. The Labute approximate surface area is 581 Å². The molecule has 23 heteroatoms. The Balaban J connectivity index is 1.56. The molecule has 0 bridgehead atoms. The van der Waals surface area contributed by atoms with E-state index in [1.54, 1.807) is 6.08 Å². The number of rotatable bonds is 59. The van der Waals surface area contributed by atoms with Gasteiger partial charge >= 0.3 is 5.97 Å². The fourth-order valence-corrected chi connectivity index (χ4v) is 13.3. The highest BCUT2D eigenvalue weighted by atomic mass is 16.8. The lowest BCUT2D eigenvalue weighted by Crippen LogP contribution is -2.70. The molecule has 3 fully saturated rings. The average molecular weight is 1390 g/mol. The first kappa shape index (κ1) is 88.4. The lowest BCUT2D eigenvalue weighted by Gasteiger charge is -2.50. The van der Waals surface area contributed by atoms with Gasteiger partial charge in [-0.25, -0.2) is 4.79 Å². The Morgan fingerprint density at radius 3 is 1.40 bits per heavy atom. The summed E-state index contributed by atoms with van der Waals surface area (Å²) in [4.78, 5) is 38.6. The minimum absolute atomic E-state index is 0.196. The van der Waals surface area contributed by atoms with Gasteiger partial charge in [-0.15, -0.1) is 0 Å². The normalized spacial score (nSPS) is 27.5. The second kappa shape index (κ2) is 53.9. The number of nitrogens with one attached hydrogen (secondary N) is 2. The zero-order valence-corrected chi connectivity index (χ0v) is 59.7. The second-order valence-electron chi connectivity index (χ2n) is 27.9. The number of carboxylic acids is 1. The topological polar surface area (TPSA) is 373 Å². The molecule has 0 aromatic heterocycles. The molecule has 0 aliphatic carbocycles. The Kier molecular flexibility index (Phi) is 49.2. The number of carbonyl (C=O) groups excluding carboxylic acids is 2. The van der Waals surface area contributed by atoms with Crippen LogP contribution in [0.3, 0.4) is 0 Å².